The Hall–Kier alpha value is 0.527. The van der Waals surface area contributed by atoms with Gasteiger partial charge in [0, 0.05) is 0 Å². The Kier molecular flexibility index (Phi) is 1.11. The molecule has 1 unspecified atom stereocenters. The van der Waals surface area contributed by atoms with E-state index in [1.165, 1.54) is 25.3 Å². The van der Waals surface area contributed by atoms with Crippen molar-refractivity contribution < 1.29 is 12.9 Å². The summed E-state index contributed by atoms with van der Waals surface area (Å²) in [7, 11) is -2.47. The summed E-state index contributed by atoms with van der Waals surface area (Å²) < 4.78 is 16.7. The number of hydrogen-bond acceptors (Lipinski definition) is 3. The third kappa shape index (κ3) is 0.594. The molecule has 5 heteroatoms. The molecule has 4 heterocycles. The van der Waals surface area contributed by atoms with E-state index < -0.39 is 17.2 Å². The lowest BCUT2D eigenvalue weighted by Gasteiger charge is -2.35. The molecule has 0 aliphatic carbocycles. The van der Waals surface area contributed by atoms with Crippen LogP contribution < -0.4 is 0 Å². The molecule has 2 bridgehead atoms. The molecular weight excluding hydrogens is 167 g/mol. The lowest BCUT2D eigenvalue weighted by molar-refractivity contribution is 0.292. The van der Waals surface area contributed by atoms with Crippen LogP contribution in [0.1, 0.15) is 19.3 Å². The van der Waals surface area contributed by atoms with Crippen LogP contribution in [0.4, 0.5) is 0 Å². The van der Waals surface area contributed by atoms with Crippen LogP contribution >= 0.6 is 8.60 Å². The molecule has 4 rings (SSSR count). The first-order valence-electron chi connectivity index (χ1n) is 3.74. The minimum Gasteiger partial charge on any atom is -0.325 e. The highest BCUT2D eigenvalue weighted by Crippen LogP contribution is 2.68. The van der Waals surface area contributed by atoms with Gasteiger partial charge >= 0.3 is 17.2 Å². The van der Waals surface area contributed by atoms with Gasteiger partial charge < -0.3 is 12.9 Å². The number of rotatable bonds is 0. The van der Waals surface area contributed by atoms with Gasteiger partial charge in [0.25, 0.3) is 0 Å². The quantitative estimate of drug-likeness (QED) is 0.416. The predicted molar refractivity (Wildman–Crippen MR) is 38.4 cm³/mol. The van der Waals surface area contributed by atoms with Gasteiger partial charge in [-0.05, 0) is 12.5 Å². The van der Waals surface area contributed by atoms with E-state index in [0.717, 1.165) is 0 Å². The van der Waals surface area contributed by atoms with Crippen LogP contribution in [-0.2, 0) is 12.9 Å². The van der Waals surface area contributed by atoms with Gasteiger partial charge in [-0.15, -0.1) is 0 Å². The van der Waals surface area contributed by atoms with E-state index in [0.29, 0.717) is 5.73 Å². The summed E-state index contributed by atoms with van der Waals surface area (Å²) in [5.74, 6) is 0. The molecule has 4 fully saturated rings. The molecule has 0 aromatic rings. The average Bonchev–Trinajstić information content (AvgIpc) is 2.37. The van der Waals surface area contributed by atoms with Crippen molar-refractivity contribution in [2.75, 3.05) is 0 Å². The smallest absolute Gasteiger partial charge is 0.325 e. The van der Waals surface area contributed by atoms with Crippen LogP contribution in [0.25, 0.3) is 0 Å². The van der Waals surface area contributed by atoms with Crippen molar-refractivity contribution in [2.24, 2.45) is 0 Å². The zero-order valence-electron chi connectivity index (χ0n) is 5.58. The van der Waals surface area contributed by atoms with Crippen LogP contribution in [0, 0.1) is 0 Å². The minimum atomic E-state index is -1.65. The van der Waals surface area contributed by atoms with Crippen LogP contribution in [0.2, 0.25) is 6.04 Å². The number of hydrogen-bond donors (Lipinski definition) is 0. The third-order valence-corrected chi connectivity index (χ3v) is 9.13. The monoisotopic (exact) mass is 176 g/mol. The molecule has 3 nitrogen and oxygen atoms in total. The maximum Gasteiger partial charge on any atom is 0.382 e. The molecule has 0 saturated carbocycles. The Morgan fingerprint density at radius 1 is 1.30 bits per heavy atom. The normalized spacial score (nSPS) is 57.6. The second-order valence-electron chi connectivity index (χ2n) is 3.06. The average molecular weight is 176 g/mol. The van der Waals surface area contributed by atoms with Gasteiger partial charge in [0.15, 0.2) is 0 Å². The second kappa shape index (κ2) is 1.82. The first-order valence-corrected chi connectivity index (χ1v) is 6.94. The van der Waals surface area contributed by atoms with E-state index in [1.54, 1.807) is 0 Å². The predicted octanol–water partition coefficient (Wildman–Crippen LogP) is 1.82. The van der Waals surface area contributed by atoms with E-state index in [2.05, 4.69) is 0 Å². The van der Waals surface area contributed by atoms with Gasteiger partial charge in [-0.1, -0.05) is 12.8 Å². The Labute approximate surface area is 61.9 Å². The van der Waals surface area contributed by atoms with Gasteiger partial charge in [-0.25, -0.2) is 0 Å². The SMILES string of the molecule is C1CC[Si]23OP(OC2C1)O3. The van der Waals surface area contributed by atoms with Crippen LogP contribution in [0.15, 0.2) is 0 Å². The van der Waals surface area contributed by atoms with Crippen molar-refractivity contribution in [3.63, 3.8) is 0 Å². The summed E-state index contributed by atoms with van der Waals surface area (Å²) in [5, 5.41) is 0. The molecule has 4 aliphatic rings. The Balaban J connectivity index is 1.90. The molecule has 10 heavy (non-hydrogen) atoms. The maximum atomic E-state index is 5.60. The molecule has 56 valence electrons. The molecule has 0 aromatic carbocycles. The zero-order chi connectivity index (χ0) is 6.60. The Bertz CT molecular complexity index is 168. The van der Waals surface area contributed by atoms with Gasteiger partial charge in [-0.3, -0.25) is 0 Å². The summed E-state index contributed by atoms with van der Waals surface area (Å²) in [6.45, 7) is 0. The lowest BCUT2D eigenvalue weighted by atomic mass is 10.2. The molecule has 1 spiro atoms. The van der Waals surface area contributed by atoms with E-state index >= 15 is 0 Å². The van der Waals surface area contributed by atoms with Crippen LogP contribution in [0.5, 0.6) is 0 Å². The molecule has 0 amide bonds. The standard InChI is InChI=1S/C5H9O3PSi/c1-2-4-10-5(3-1)6-9(7-10)8-10/h5H,1-4H2. The maximum absolute atomic E-state index is 5.60. The van der Waals surface area contributed by atoms with Crippen LogP contribution in [0.3, 0.4) is 0 Å². The highest BCUT2D eigenvalue weighted by Gasteiger charge is 2.67. The lowest BCUT2D eigenvalue weighted by Crippen LogP contribution is -2.51. The highest BCUT2D eigenvalue weighted by molar-refractivity contribution is 7.51. The van der Waals surface area contributed by atoms with Crippen molar-refractivity contribution in [3.8, 4) is 0 Å². The molecule has 0 aromatic heterocycles. The molecule has 1 atom stereocenters. The molecule has 4 saturated heterocycles. The van der Waals surface area contributed by atoms with Gasteiger partial charge in [0.05, 0.1) is 0 Å². The second-order valence-corrected chi connectivity index (χ2v) is 7.94. The van der Waals surface area contributed by atoms with Crippen molar-refractivity contribution in [1.29, 1.82) is 0 Å². The first-order chi connectivity index (χ1) is 4.89. The summed E-state index contributed by atoms with van der Waals surface area (Å²) in [6, 6.07) is 1.18. The minimum absolute atomic E-state index is 0.410. The summed E-state index contributed by atoms with van der Waals surface area (Å²) in [5.41, 5.74) is 0.410. The summed E-state index contributed by atoms with van der Waals surface area (Å²) >= 11 is 0. The molecule has 0 N–H and O–H groups in total. The largest absolute Gasteiger partial charge is 0.382 e. The molecule has 4 aliphatic heterocycles. The van der Waals surface area contributed by atoms with Gasteiger partial charge in [0.2, 0.25) is 0 Å². The van der Waals surface area contributed by atoms with E-state index in [1.807, 2.05) is 0 Å². The summed E-state index contributed by atoms with van der Waals surface area (Å²) in [4.78, 5) is 0. The third-order valence-electron chi connectivity index (χ3n) is 2.40. The Morgan fingerprint density at radius 3 is 3.00 bits per heavy atom. The molecule has 0 radical (unpaired) electrons. The van der Waals surface area contributed by atoms with Gasteiger partial charge in [-0.2, -0.15) is 0 Å². The fraction of sp³-hybridized carbons (Fsp3) is 1.00. The van der Waals surface area contributed by atoms with Crippen molar-refractivity contribution in [2.45, 2.75) is 31.0 Å². The highest BCUT2D eigenvalue weighted by atomic mass is 31.2. The fourth-order valence-corrected chi connectivity index (χ4v) is 8.84. The zero-order valence-corrected chi connectivity index (χ0v) is 7.47. The van der Waals surface area contributed by atoms with E-state index in [9.17, 15) is 0 Å². The fourth-order valence-electron chi connectivity index (χ4n) is 1.83. The van der Waals surface area contributed by atoms with Crippen molar-refractivity contribution >= 4 is 17.2 Å². The van der Waals surface area contributed by atoms with E-state index in [-0.39, 0.29) is 0 Å². The summed E-state index contributed by atoms with van der Waals surface area (Å²) in [6.07, 6.45) is 3.77. The first kappa shape index (κ1) is 6.09. The van der Waals surface area contributed by atoms with Gasteiger partial charge in [0.1, 0.15) is 5.73 Å². The topological polar surface area (TPSA) is 27.7 Å². The van der Waals surface area contributed by atoms with E-state index in [4.69, 9.17) is 12.9 Å². The Morgan fingerprint density at radius 2 is 2.20 bits per heavy atom. The molecular formula is C5H9O3PSi. The van der Waals surface area contributed by atoms with Crippen molar-refractivity contribution in [3.05, 3.63) is 0 Å². The van der Waals surface area contributed by atoms with Crippen molar-refractivity contribution in [1.82, 2.24) is 0 Å². The van der Waals surface area contributed by atoms with Crippen LogP contribution in [-0.4, -0.2) is 14.3 Å².